The molecule has 0 N–H and O–H groups in total. The van der Waals surface area contributed by atoms with Crippen LogP contribution in [0.2, 0.25) is 0 Å². The van der Waals surface area contributed by atoms with Crippen molar-refractivity contribution in [2.24, 2.45) is 0 Å². The van der Waals surface area contributed by atoms with Gasteiger partial charge in [-0.25, -0.2) is 0 Å². The largest absolute Gasteiger partial charge is 0.309 e. The van der Waals surface area contributed by atoms with Crippen molar-refractivity contribution in [3.63, 3.8) is 0 Å². The topological polar surface area (TPSA) is 22.8 Å². The van der Waals surface area contributed by atoms with Crippen LogP contribution in [0.25, 0.3) is 77.4 Å². The summed E-state index contributed by atoms with van der Waals surface area (Å²) < 4.78 is 4.73. The van der Waals surface area contributed by atoms with Crippen molar-refractivity contribution >= 4 is 43.7 Å². The van der Waals surface area contributed by atoms with Crippen LogP contribution in [-0.4, -0.2) is 14.1 Å². The summed E-state index contributed by atoms with van der Waals surface area (Å²) in [6.45, 7) is 0. The van der Waals surface area contributed by atoms with E-state index in [1.165, 1.54) is 44.1 Å². The first kappa shape index (κ1) is 24.6. The molecule has 3 aromatic heterocycles. The highest BCUT2D eigenvalue weighted by molar-refractivity contribution is 6.16. The van der Waals surface area contributed by atoms with Crippen LogP contribution in [-0.2, 0) is 0 Å². The Morgan fingerprint density at radius 2 is 1.02 bits per heavy atom. The van der Waals surface area contributed by atoms with E-state index in [1.54, 1.807) is 0 Å². The molecule has 9 rings (SSSR count). The van der Waals surface area contributed by atoms with Crippen molar-refractivity contribution in [1.82, 2.24) is 14.1 Å². The van der Waals surface area contributed by atoms with E-state index in [-0.39, 0.29) is 0 Å². The zero-order valence-corrected chi connectivity index (χ0v) is 23.9. The SMILES string of the molecule is c1ccc(-c2ccc(-n3c4cc(-c5cccc6c5c5ccccc5n6-c5ccccc5)ccc4c4ncccc43)cc2)cc1. The second kappa shape index (κ2) is 9.82. The van der Waals surface area contributed by atoms with Gasteiger partial charge in [-0.15, -0.1) is 0 Å². The van der Waals surface area contributed by atoms with Gasteiger partial charge in [-0.05, 0) is 82.9 Å². The van der Waals surface area contributed by atoms with Crippen molar-refractivity contribution in [2.45, 2.75) is 0 Å². The molecule has 206 valence electrons. The molecular formula is C41H27N3. The van der Waals surface area contributed by atoms with E-state index in [2.05, 4.69) is 161 Å². The average molecular weight is 562 g/mol. The van der Waals surface area contributed by atoms with Crippen molar-refractivity contribution in [2.75, 3.05) is 0 Å². The summed E-state index contributed by atoms with van der Waals surface area (Å²) in [5.41, 5.74) is 12.8. The van der Waals surface area contributed by atoms with E-state index in [4.69, 9.17) is 4.98 Å². The number of hydrogen-bond donors (Lipinski definition) is 0. The van der Waals surface area contributed by atoms with Crippen LogP contribution in [0.15, 0.2) is 164 Å². The van der Waals surface area contributed by atoms with Gasteiger partial charge in [-0.1, -0.05) is 97.1 Å². The van der Waals surface area contributed by atoms with E-state index in [9.17, 15) is 0 Å². The molecule has 0 fully saturated rings. The molecule has 0 radical (unpaired) electrons. The lowest BCUT2D eigenvalue weighted by molar-refractivity contribution is 1.18. The van der Waals surface area contributed by atoms with Crippen molar-refractivity contribution in [3.8, 4) is 33.6 Å². The summed E-state index contributed by atoms with van der Waals surface area (Å²) in [7, 11) is 0. The fourth-order valence-electron chi connectivity index (χ4n) is 6.83. The van der Waals surface area contributed by atoms with Crippen LogP contribution in [0.5, 0.6) is 0 Å². The Hall–Kier alpha value is -5.93. The molecule has 44 heavy (non-hydrogen) atoms. The minimum absolute atomic E-state index is 1.01. The quantitative estimate of drug-likeness (QED) is 0.210. The van der Waals surface area contributed by atoms with Gasteiger partial charge in [-0.2, -0.15) is 0 Å². The van der Waals surface area contributed by atoms with Crippen LogP contribution >= 0.6 is 0 Å². The molecule has 0 spiro atoms. The Kier molecular flexibility index (Phi) is 5.50. The predicted octanol–water partition coefficient (Wildman–Crippen LogP) is 10.6. The first-order chi connectivity index (χ1) is 21.8. The van der Waals surface area contributed by atoms with Crippen LogP contribution in [0.1, 0.15) is 0 Å². The Balaban J connectivity index is 1.29. The number of rotatable bonds is 4. The second-order valence-corrected chi connectivity index (χ2v) is 11.2. The molecule has 0 aliphatic carbocycles. The third kappa shape index (κ3) is 3.73. The molecular weight excluding hydrogens is 534 g/mol. The summed E-state index contributed by atoms with van der Waals surface area (Å²) >= 11 is 0. The molecule has 3 nitrogen and oxygen atoms in total. The van der Waals surface area contributed by atoms with Crippen LogP contribution in [0.4, 0.5) is 0 Å². The molecule has 0 bridgehead atoms. The molecule has 0 aliphatic heterocycles. The van der Waals surface area contributed by atoms with Gasteiger partial charge in [0.15, 0.2) is 0 Å². The summed E-state index contributed by atoms with van der Waals surface area (Å²) in [6, 6.07) is 56.4. The monoisotopic (exact) mass is 561 g/mol. The summed E-state index contributed by atoms with van der Waals surface area (Å²) in [5, 5.41) is 3.66. The van der Waals surface area contributed by atoms with Gasteiger partial charge in [0.05, 0.1) is 27.6 Å². The number of benzene rings is 6. The third-order valence-electron chi connectivity index (χ3n) is 8.78. The maximum atomic E-state index is 4.83. The molecule has 6 aromatic carbocycles. The molecule has 3 heterocycles. The number of hydrogen-bond acceptors (Lipinski definition) is 1. The highest BCUT2D eigenvalue weighted by Gasteiger charge is 2.18. The minimum atomic E-state index is 1.01. The molecule has 0 aliphatic rings. The number of aromatic nitrogens is 3. The van der Waals surface area contributed by atoms with Crippen LogP contribution < -0.4 is 0 Å². The van der Waals surface area contributed by atoms with E-state index in [0.29, 0.717) is 0 Å². The fourth-order valence-corrected chi connectivity index (χ4v) is 6.83. The van der Waals surface area contributed by atoms with Crippen molar-refractivity contribution in [3.05, 3.63) is 164 Å². The lowest BCUT2D eigenvalue weighted by atomic mass is 9.98. The normalized spacial score (nSPS) is 11.6. The van der Waals surface area contributed by atoms with E-state index in [0.717, 1.165) is 33.3 Å². The highest BCUT2D eigenvalue weighted by atomic mass is 15.0. The average Bonchev–Trinajstić information content (AvgIpc) is 3.62. The summed E-state index contributed by atoms with van der Waals surface area (Å²) in [6.07, 6.45) is 1.89. The van der Waals surface area contributed by atoms with Gasteiger partial charge in [0.1, 0.15) is 0 Å². The first-order valence-electron chi connectivity index (χ1n) is 15.0. The van der Waals surface area contributed by atoms with Crippen molar-refractivity contribution < 1.29 is 0 Å². The maximum absolute atomic E-state index is 4.83. The molecule has 0 saturated carbocycles. The van der Waals surface area contributed by atoms with Crippen LogP contribution in [0.3, 0.4) is 0 Å². The number of para-hydroxylation sites is 2. The predicted molar refractivity (Wildman–Crippen MR) is 184 cm³/mol. The Labute approximate surface area is 254 Å². The summed E-state index contributed by atoms with van der Waals surface area (Å²) in [5.74, 6) is 0. The summed E-state index contributed by atoms with van der Waals surface area (Å²) in [4.78, 5) is 4.83. The number of nitrogens with zero attached hydrogens (tertiary/aromatic N) is 3. The minimum Gasteiger partial charge on any atom is -0.309 e. The fraction of sp³-hybridized carbons (Fsp3) is 0. The van der Waals surface area contributed by atoms with E-state index < -0.39 is 0 Å². The zero-order valence-electron chi connectivity index (χ0n) is 23.9. The first-order valence-corrected chi connectivity index (χ1v) is 15.0. The highest BCUT2D eigenvalue weighted by Crippen LogP contribution is 2.40. The number of pyridine rings is 1. The standard InChI is InChI=1S/C41H27N3/c1-3-11-28(12-4-1)29-20-23-32(24-21-29)44-38-19-10-26-42-41(38)35-25-22-30(27-39(35)44)33-16-9-18-37-40(33)34-15-7-8-17-36(34)43(37)31-13-5-2-6-14-31/h1-27H. The van der Waals surface area contributed by atoms with Gasteiger partial charge >= 0.3 is 0 Å². The van der Waals surface area contributed by atoms with Gasteiger partial charge < -0.3 is 9.13 Å². The smallest absolute Gasteiger partial charge is 0.0963 e. The third-order valence-corrected chi connectivity index (χ3v) is 8.78. The molecule has 3 heteroatoms. The van der Waals surface area contributed by atoms with Gasteiger partial charge in [0, 0.05) is 33.7 Å². The van der Waals surface area contributed by atoms with E-state index in [1.807, 2.05) is 12.3 Å². The van der Waals surface area contributed by atoms with Gasteiger partial charge in [0.25, 0.3) is 0 Å². The molecule has 0 amide bonds. The Morgan fingerprint density at radius 1 is 0.386 bits per heavy atom. The van der Waals surface area contributed by atoms with Crippen molar-refractivity contribution in [1.29, 1.82) is 0 Å². The lowest BCUT2D eigenvalue weighted by Gasteiger charge is -2.11. The van der Waals surface area contributed by atoms with Gasteiger partial charge in [0.2, 0.25) is 0 Å². The molecule has 9 aromatic rings. The number of fused-ring (bicyclic) bond motifs is 6. The lowest BCUT2D eigenvalue weighted by Crippen LogP contribution is -1.94. The maximum Gasteiger partial charge on any atom is 0.0963 e. The Morgan fingerprint density at radius 3 is 1.86 bits per heavy atom. The van der Waals surface area contributed by atoms with E-state index >= 15 is 0 Å². The molecule has 0 unspecified atom stereocenters. The molecule has 0 saturated heterocycles. The van der Waals surface area contributed by atoms with Gasteiger partial charge in [-0.3, -0.25) is 4.98 Å². The molecule has 0 atom stereocenters. The second-order valence-electron chi connectivity index (χ2n) is 11.2. The van der Waals surface area contributed by atoms with Crippen LogP contribution in [0, 0.1) is 0 Å². The zero-order chi connectivity index (χ0) is 29.0. The Bertz CT molecular complexity index is 2470.